The lowest BCUT2D eigenvalue weighted by molar-refractivity contribution is -0.170. The van der Waals surface area contributed by atoms with Gasteiger partial charge in [-0.1, -0.05) is 156 Å². The maximum atomic E-state index is 13.4. The van der Waals surface area contributed by atoms with Gasteiger partial charge in [-0.15, -0.1) is 0 Å². The van der Waals surface area contributed by atoms with Crippen molar-refractivity contribution in [3.05, 3.63) is 0 Å². The molecule has 0 N–H and O–H groups in total. The third kappa shape index (κ3) is 33.7. The van der Waals surface area contributed by atoms with Crippen LogP contribution < -0.4 is 0 Å². The summed E-state index contributed by atoms with van der Waals surface area (Å²) in [5.74, 6) is -0.938. The smallest absolute Gasteiger partial charge is 0.305 e. The second kappa shape index (κ2) is 37.4. The van der Waals surface area contributed by atoms with Gasteiger partial charge in [0.05, 0.1) is 0 Å². The molecule has 0 rings (SSSR count). The summed E-state index contributed by atoms with van der Waals surface area (Å²) >= 11 is 0. The van der Waals surface area contributed by atoms with Crippen LogP contribution in [0.3, 0.4) is 0 Å². The van der Waals surface area contributed by atoms with Gasteiger partial charge in [0, 0.05) is 25.7 Å². The van der Waals surface area contributed by atoms with E-state index in [1.165, 1.54) is 64.2 Å². The van der Waals surface area contributed by atoms with E-state index >= 15 is 0 Å². The van der Waals surface area contributed by atoms with E-state index in [0.717, 1.165) is 96.4 Å². The Morgan fingerprint density at radius 3 is 1.05 bits per heavy atom. The highest BCUT2D eigenvalue weighted by atomic mass is 16.6. The van der Waals surface area contributed by atoms with Crippen LogP contribution in [-0.4, -0.2) is 75.8 Å². The van der Waals surface area contributed by atoms with Crippen molar-refractivity contribution < 1.29 is 38.1 Å². The first-order valence-electron chi connectivity index (χ1n) is 22.9. The second-order valence-corrected chi connectivity index (χ2v) is 16.5. The van der Waals surface area contributed by atoms with Crippen LogP contribution in [0.5, 0.6) is 0 Å². The van der Waals surface area contributed by atoms with E-state index in [9.17, 15) is 19.2 Å². The van der Waals surface area contributed by atoms with Crippen molar-refractivity contribution in [1.29, 1.82) is 0 Å². The Morgan fingerprint density at radius 1 is 0.400 bits per heavy atom. The minimum Gasteiger partial charge on any atom is -0.465 e. The summed E-state index contributed by atoms with van der Waals surface area (Å²) in [4.78, 5) is 54.2. The number of hydrogen-bond donors (Lipinski definition) is 0. The summed E-state index contributed by atoms with van der Waals surface area (Å²) in [5, 5.41) is 0. The minimum absolute atomic E-state index is 0.175. The Hall–Kier alpha value is -2.16. The molecule has 0 heterocycles. The molecular formula is C46H87NO8. The van der Waals surface area contributed by atoms with Crippen LogP contribution >= 0.6 is 0 Å². The van der Waals surface area contributed by atoms with Gasteiger partial charge in [0.15, 0.2) is 0 Å². The second-order valence-electron chi connectivity index (χ2n) is 16.5. The normalized spacial score (nSPS) is 11.6. The van der Waals surface area contributed by atoms with Crippen molar-refractivity contribution >= 4 is 23.9 Å². The lowest BCUT2D eigenvalue weighted by atomic mass is 9.90. The number of esters is 4. The summed E-state index contributed by atoms with van der Waals surface area (Å²) in [5.41, 5.74) is -1.21. The first-order valence-corrected chi connectivity index (χ1v) is 22.9. The zero-order chi connectivity index (χ0) is 40.8. The molecule has 0 aromatic rings. The molecule has 0 unspecified atom stereocenters. The van der Waals surface area contributed by atoms with E-state index in [-0.39, 0.29) is 69.6 Å². The Morgan fingerprint density at radius 2 is 0.709 bits per heavy atom. The Labute approximate surface area is 338 Å². The number of ether oxygens (including phenoxy) is 4. The molecule has 0 aromatic heterocycles. The largest absolute Gasteiger partial charge is 0.465 e. The fourth-order valence-electron chi connectivity index (χ4n) is 6.74. The van der Waals surface area contributed by atoms with Crippen LogP contribution in [0, 0.1) is 11.3 Å². The molecule has 0 saturated carbocycles. The van der Waals surface area contributed by atoms with Gasteiger partial charge in [-0.25, -0.2) is 0 Å². The van der Waals surface area contributed by atoms with E-state index in [0.29, 0.717) is 18.8 Å². The first-order chi connectivity index (χ1) is 26.6. The van der Waals surface area contributed by atoms with Crippen molar-refractivity contribution in [2.45, 2.75) is 214 Å². The summed E-state index contributed by atoms with van der Waals surface area (Å²) in [7, 11) is 3.99. The average Bonchev–Trinajstić information content (AvgIpc) is 3.17. The highest BCUT2D eigenvalue weighted by molar-refractivity contribution is 5.71. The molecule has 0 aliphatic heterocycles. The maximum absolute atomic E-state index is 13.4. The SMILES string of the molecule is CCCCCCCC(=O)OCC(COC(=O)CCCCCCC)(COC(=O)CCCCN(C)C)COC(=O)CCC(CCCCCCC)CCCCCCC. The molecule has 0 amide bonds. The van der Waals surface area contributed by atoms with Crippen LogP contribution in [0.25, 0.3) is 0 Å². The van der Waals surface area contributed by atoms with Gasteiger partial charge >= 0.3 is 23.9 Å². The molecule has 0 aliphatic rings. The molecule has 0 radical (unpaired) electrons. The number of hydrogen-bond acceptors (Lipinski definition) is 9. The molecule has 0 atom stereocenters. The third-order valence-electron chi connectivity index (χ3n) is 10.6. The van der Waals surface area contributed by atoms with Crippen LogP contribution in [0.15, 0.2) is 0 Å². The molecule has 0 bridgehead atoms. The van der Waals surface area contributed by atoms with E-state index in [4.69, 9.17) is 18.9 Å². The Kier molecular flexibility index (Phi) is 35.9. The Balaban J connectivity index is 5.80. The first kappa shape index (κ1) is 52.8. The fourth-order valence-corrected chi connectivity index (χ4v) is 6.74. The number of rotatable bonds is 40. The molecule has 0 fully saturated rings. The van der Waals surface area contributed by atoms with Crippen LogP contribution in [0.4, 0.5) is 0 Å². The van der Waals surface area contributed by atoms with Crippen LogP contribution in [0.2, 0.25) is 0 Å². The fraction of sp³-hybridized carbons (Fsp3) is 0.913. The van der Waals surface area contributed by atoms with E-state index < -0.39 is 5.41 Å². The number of unbranched alkanes of at least 4 members (excludes halogenated alkanes) is 17. The van der Waals surface area contributed by atoms with Gasteiger partial charge < -0.3 is 23.8 Å². The monoisotopic (exact) mass is 782 g/mol. The molecule has 0 saturated heterocycles. The lowest BCUT2D eigenvalue weighted by Crippen LogP contribution is -2.44. The standard InChI is InChI=1S/C46H87NO8/c1-7-11-15-19-23-29-41(30-24-20-16-12-8-2)34-35-45(51)55-40-46(37-52-42(48)31-25-21-17-13-9-3,38-53-43(49)32-26-22-18-14-10-4)39-54-44(50)33-27-28-36-47(5)6/h41H,7-40H2,1-6H3. The topological polar surface area (TPSA) is 108 Å². The summed E-state index contributed by atoms with van der Waals surface area (Å²) < 4.78 is 23.3. The zero-order valence-electron chi connectivity index (χ0n) is 36.8. The number of nitrogens with zero attached hydrogens (tertiary/aromatic N) is 1. The average molecular weight is 782 g/mol. The van der Waals surface area contributed by atoms with Crippen molar-refractivity contribution in [2.24, 2.45) is 11.3 Å². The highest BCUT2D eigenvalue weighted by Gasteiger charge is 2.38. The van der Waals surface area contributed by atoms with Crippen molar-refractivity contribution in [3.8, 4) is 0 Å². The molecular weight excluding hydrogens is 695 g/mol. The van der Waals surface area contributed by atoms with Gasteiger partial charge in [0.2, 0.25) is 0 Å². The van der Waals surface area contributed by atoms with E-state index in [1.807, 2.05) is 14.1 Å². The molecule has 0 aromatic carbocycles. The summed E-state index contributed by atoms with van der Waals surface area (Å²) in [6.07, 6.45) is 28.0. The van der Waals surface area contributed by atoms with Crippen molar-refractivity contribution in [3.63, 3.8) is 0 Å². The lowest BCUT2D eigenvalue weighted by Gasteiger charge is -2.31. The van der Waals surface area contributed by atoms with Crippen LogP contribution in [0.1, 0.15) is 214 Å². The summed E-state index contributed by atoms with van der Waals surface area (Å²) in [6.45, 7) is 8.93. The number of carbonyl (C=O) groups is 4. The third-order valence-corrected chi connectivity index (χ3v) is 10.6. The number of carbonyl (C=O) groups excluding carboxylic acids is 4. The quantitative estimate of drug-likeness (QED) is 0.0341. The van der Waals surface area contributed by atoms with Gasteiger partial charge in [-0.3, -0.25) is 19.2 Å². The van der Waals surface area contributed by atoms with Crippen molar-refractivity contribution in [2.75, 3.05) is 47.1 Å². The van der Waals surface area contributed by atoms with Gasteiger partial charge in [0.25, 0.3) is 0 Å². The minimum atomic E-state index is -1.21. The van der Waals surface area contributed by atoms with Crippen LogP contribution in [-0.2, 0) is 38.1 Å². The predicted molar refractivity (Wildman–Crippen MR) is 225 cm³/mol. The molecule has 9 heteroatoms. The van der Waals surface area contributed by atoms with Gasteiger partial charge in [0.1, 0.15) is 31.8 Å². The Bertz CT molecular complexity index is 895. The molecule has 9 nitrogen and oxygen atoms in total. The van der Waals surface area contributed by atoms with Crippen molar-refractivity contribution in [1.82, 2.24) is 4.90 Å². The van der Waals surface area contributed by atoms with E-state index in [2.05, 4.69) is 32.6 Å². The van der Waals surface area contributed by atoms with E-state index in [1.54, 1.807) is 0 Å². The predicted octanol–water partition coefficient (Wildman–Crippen LogP) is 11.7. The molecule has 0 aliphatic carbocycles. The molecule has 0 spiro atoms. The maximum Gasteiger partial charge on any atom is 0.305 e. The molecule has 55 heavy (non-hydrogen) atoms. The van der Waals surface area contributed by atoms with Gasteiger partial charge in [-0.2, -0.15) is 0 Å². The summed E-state index contributed by atoms with van der Waals surface area (Å²) in [6, 6.07) is 0. The molecule has 324 valence electrons. The highest BCUT2D eigenvalue weighted by Crippen LogP contribution is 2.26. The van der Waals surface area contributed by atoms with Gasteiger partial charge in [-0.05, 0) is 58.7 Å². The zero-order valence-corrected chi connectivity index (χ0v) is 36.8.